The van der Waals surface area contributed by atoms with Crippen LogP contribution >= 0.6 is 24.0 Å². The molecule has 15 heavy (non-hydrogen) atoms. The van der Waals surface area contributed by atoms with Crippen LogP contribution in [-0.4, -0.2) is 11.9 Å². The number of amides is 1. The molecule has 1 heterocycles. The normalized spacial score (nSPS) is 12.9. The summed E-state index contributed by atoms with van der Waals surface area (Å²) in [7, 11) is 0. The molecule has 0 aromatic carbocycles. The van der Waals surface area contributed by atoms with Crippen molar-refractivity contribution >= 4 is 29.9 Å². The van der Waals surface area contributed by atoms with Gasteiger partial charge in [0.05, 0.1) is 4.88 Å². The van der Waals surface area contributed by atoms with E-state index in [2.05, 4.69) is 31.8 Å². The maximum Gasteiger partial charge on any atom is 0.261 e. The minimum Gasteiger partial charge on any atom is -0.349 e. The van der Waals surface area contributed by atoms with Gasteiger partial charge in [-0.15, -0.1) is 24.0 Å². The van der Waals surface area contributed by atoms with Crippen LogP contribution in [0.4, 0.5) is 0 Å². The fourth-order valence-electron chi connectivity index (χ4n) is 1.51. The summed E-state index contributed by atoms with van der Waals surface area (Å²) in [6, 6.07) is 2.02. The second-order valence-corrected chi connectivity index (χ2v) is 5.60. The molecule has 0 spiro atoms. The Bertz CT molecular complexity index is 333. The fourth-order valence-corrected chi connectivity index (χ4v) is 2.56. The first kappa shape index (κ1) is 12.6. The van der Waals surface area contributed by atoms with E-state index in [1.54, 1.807) is 6.07 Å². The summed E-state index contributed by atoms with van der Waals surface area (Å²) in [5, 5.41) is 4.84. The Morgan fingerprint density at radius 3 is 2.67 bits per heavy atom. The van der Waals surface area contributed by atoms with E-state index in [0.29, 0.717) is 5.92 Å². The topological polar surface area (TPSA) is 29.1 Å². The first-order valence-corrected chi connectivity index (χ1v) is 6.40. The van der Waals surface area contributed by atoms with Gasteiger partial charge in [0, 0.05) is 16.3 Å². The zero-order chi connectivity index (χ0) is 11.4. The van der Waals surface area contributed by atoms with Crippen LogP contribution in [0.5, 0.6) is 0 Å². The molecule has 1 rings (SSSR count). The highest BCUT2D eigenvalue weighted by molar-refractivity contribution is 7.80. The molecule has 1 aromatic heterocycles. The van der Waals surface area contributed by atoms with Crippen molar-refractivity contribution < 1.29 is 4.79 Å². The molecule has 0 bridgehead atoms. The first-order valence-electron chi connectivity index (χ1n) is 5.07. The Hall–Kier alpha value is -0.480. The molecule has 0 fully saturated rings. The van der Waals surface area contributed by atoms with Gasteiger partial charge >= 0.3 is 0 Å². The smallest absolute Gasteiger partial charge is 0.261 e. The predicted octanol–water partition coefficient (Wildman–Crippen LogP) is 3.20. The molecule has 0 aliphatic heterocycles. The maximum atomic E-state index is 11.7. The third-order valence-corrected chi connectivity index (χ3v) is 3.37. The van der Waals surface area contributed by atoms with Crippen molar-refractivity contribution in [2.24, 2.45) is 5.92 Å². The van der Waals surface area contributed by atoms with E-state index < -0.39 is 0 Å². The standard InChI is InChI=1S/C11H17NOS2/c1-7(2)4-8(3)12-11(13)10-5-9(14)6-15-10/h5-8,14H,4H2,1-3H3,(H,12,13). The fraction of sp³-hybridized carbons (Fsp3) is 0.545. The number of carbonyl (C=O) groups excluding carboxylic acids is 1. The molecule has 84 valence electrons. The first-order chi connectivity index (χ1) is 6.99. The average Bonchev–Trinajstić information content (AvgIpc) is 2.49. The SMILES string of the molecule is CC(C)CC(C)NC(=O)c1cc(S)cs1. The van der Waals surface area contributed by atoms with Crippen molar-refractivity contribution in [1.82, 2.24) is 5.32 Å². The number of thiophene rings is 1. The number of rotatable bonds is 4. The second kappa shape index (κ2) is 5.56. The Morgan fingerprint density at radius 1 is 1.53 bits per heavy atom. The Balaban J connectivity index is 2.49. The molecule has 1 unspecified atom stereocenters. The van der Waals surface area contributed by atoms with Crippen LogP contribution in [-0.2, 0) is 0 Å². The van der Waals surface area contributed by atoms with Gasteiger partial charge in [-0.3, -0.25) is 4.79 Å². The molecule has 2 nitrogen and oxygen atoms in total. The molecular formula is C11H17NOS2. The van der Waals surface area contributed by atoms with E-state index in [9.17, 15) is 4.79 Å². The van der Waals surface area contributed by atoms with Crippen LogP contribution in [0.25, 0.3) is 0 Å². The number of hydrogen-bond donors (Lipinski definition) is 2. The molecule has 1 atom stereocenters. The zero-order valence-electron chi connectivity index (χ0n) is 9.28. The molecule has 1 amide bonds. The molecule has 0 saturated carbocycles. The molecule has 0 radical (unpaired) electrons. The van der Waals surface area contributed by atoms with E-state index in [0.717, 1.165) is 16.2 Å². The van der Waals surface area contributed by atoms with Crippen LogP contribution in [0, 0.1) is 5.92 Å². The van der Waals surface area contributed by atoms with Crippen molar-refractivity contribution in [3.05, 3.63) is 16.3 Å². The van der Waals surface area contributed by atoms with Crippen LogP contribution in [0.3, 0.4) is 0 Å². The zero-order valence-corrected chi connectivity index (χ0v) is 11.0. The summed E-state index contributed by atoms with van der Waals surface area (Å²) in [5.41, 5.74) is 0. The van der Waals surface area contributed by atoms with Crippen molar-refractivity contribution in [2.75, 3.05) is 0 Å². The lowest BCUT2D eigenvalue weighted by molar-refractivity contribution is 0.0940. The van der Waals surface area contributed by atoms with Gasteiger partial charge in [-0.05, 0) is 25.3 Å². The van der Waals surface area contributed by atoms with E-state index >= 15 is 0 Å². The van der Waals surface area contributed by atoms with E-state index in [1.807, 2.05) is 12.3 Å². The summed E-state index contributed by atoms with van der Waals surface area (Å²) in [5.74, 6) is 0.609. The number of thiol groups is 1. The molecule has 0 saturated heterocycles. The third-order valence-electron chi connectivity index (χ3n) is 2.01. The van der Waals surface area contributed by atoms with Crippen molar-refractivity contribution in [3.63, 3.8) is 0 Å². The van der Waals surface area contributed by atoms with Crippen molar-refractivity contribution in [3.8, 4) is 0 Å². The number of hydrogen-bond acceptors (Lipinski definition) is 3. The highest BCUT2D eigenvalue weighted by Gasteiger charge is 2.12. The van der Waals surface area contributed by atoms with E-state index in [4.69, 9.17) is 0 Å². The van der Waals surface area contributed by atoms with Gasteiger partial charge in [0.2, 0.25) is 0 Å². The lowest BCUT2D eigenvalue weighted by Crippen LogP contribution is -2.32. The molecule has 4 heteroatoms. The summed E-state index contributed by atoms with van der Waals surface area (Å²) in [6.45, 7) is 6.34. The molecule has 0 aliphatic rings. The minimum atomic E-state index is 0.00782. The van der Waals surface area contributed by atoms with E-state index in [-0.39, 0.29) is 11.9 Å². The molecule has 0 aliphatic carbocycles. The van der Waals surface area contributed by atoms with Gasteiger partial charge in [0.25, 0.3) is 5.91 Å². The van der Waals surface area contributed by atoms with Crippen LogP contribution in [0.15, 0.2) is 16.3 Å². The highest BCUT2D eigenvalue weighted by atomic mass is 32.1. The molecular weight excluding hydrogens is 226 g/mol. The summed E-state index contributed by atoms with van der Waals surface area (Å²) >= 11 is 5.61. The van der Waals surface area contributed by atoms with Crippen molar-refractivity contribution in [1.29, 1.82) is 0 Å². The Morgan fingerprint density at radius 2 is 2.20 bits per heavy atom. The summed E-state index contributed by atoms with van der Waals surface area (Å²) < 4.78 is 0. The Labute approximate surface area is 100 Å². The minimum absolute atomic E-state index is 0.00782. The summed E-state index contributed by atoms with van der Waals surface area (Å²) in [6.07, 6.45) is 1.00. The Kier molecular flexibility index (Phi) is 4.67. The van der Waals surface area contributed by atoms with Gasteiger partial charge < -0.3 is 5.32 Å². The summed E-state index contributed by atoms with van der Waals surface area (Å²) in [4.78, 5) is 13.3. The predicted molar refractivity (Wildman–Crippen MR) is 68.0 cm³/mol. The van der Waals surface area contributed by atoms with Gasteiger partial charge in [-0.25, -0.2) is 0 Å². The quantitative estimate of drug-likeness (QED) is 0.781. The van der Waals surface area contributed by atoms with Gasteiger partial charge in [0.1, 0.15) is 0 Å². The largest absolute Gasteiger partial charge is 0.349 e. The lowest BCUT2D eigenvalue weighted by atomic mass is 10.1. The third kappa shape index (κ3) is 4.26. The van der Waals surface area contributed by atoms with Crippen LogP contribution in [0.2, 0.25) is 0 Å². The number of nitrogens with one attached hydrogen (secondary N) is 1. The average molecular weight is 243 g/mol. The monoisotopic (exact) mass is 243 g/mol. The van der Waals surface area contributed by atoms with Crippen LogP contribution in [0.1, 0.15) is 36.9 Å². The van der Waals surface area contributed by atoms with E-state index in [1.165, 1.54) is 11.3 Å². The maximum absolute atomic E-state index is 11.7. The molecule has 1 aromatic rings. The van der Waals surface area contributed by atoms with Gasteiger partial charge in [0.15, 0.2) is 0 Å². The number of carbonyl (C=O) groups is 1. The second-order valence-electron chi connectivity index (χ2n) is 4.17. The van der Waals surface area contributed by atoms with Gasteiger partial charge in [-0.1, -0.05) is 13.8 Å². The van der Waals surface area contributed by atoms with Crippen LogP contribution < -0.4 is 5.32 Å². The highest BCUT2D eigenvalue weighted by Crippen LogP contribution is 2.17. The van der Waals surface area contributed by atoms with Gasteiger partial charge in [-0.2, -0.15) is 0 Å². The lowest BCUT2D eigenvalue weighted by Gasteiger charge is -2.15. The van der Waals surface area contributed by atoms with Crippen molar-refractivity contribution in [2.45, 2.75) is 38.1 Å². The molecule has 1 N–H and O–H groups in total.